The Balaban J connectivity index is 2.02. The molecule has 3 nitrogen and oxygen atoms in total. The van der Waals surface area contributed by atoms with Crippen LogP contribution in [0.2, 0.25) is 0 Å². The van der Waals surface area contributed by atoms with Gasteiger partial charge in [-0.3, -0.25) is 4.79 Å². The van der Waals surface area contributed by atoms with Crippen molar-refractivity contribution in [2.45, 2.75) is 23.6 Å². The summed E-state index contributed by atoms with van der Waals surface area (Å²) >= 11 is 5.12. The van der Waals surface area contributed by atoms with Crippen molar-refractivity contribution in [2.75, 3.05) is 13.6 Å². The first-order valence-electron chi connectivity index (χ1n) is 7.52. The quantitative estimate of drug-likeness (QED) is 0.697. The van der Waals surface area contributed by atoms with E-state index in [1.165, 1.54) is 5.56 Å². The molecule has 0 fully saturated rings. The van der Waals surface area contributed by atoms with Crippen LogP contribution >= 0.6 is 27.7 Å². The molecule has 2 aromatic rings. The van der Waals surface area contributed by atoms with Gasteiger partial charge in [0.1, 0.15) is 0 Å². The molecular formula is C18H21BrN2OS. The fraction of sp³-hybridized carbons (Fsp3) is 0.278. The van der Waals surface area contributed by atoms with Crippen LogP contribution in [0.5, 0.6) is 0 Å². The summed E-state index contributed by atoms with van der Waals surface area (Å²) < 4.78 is 1.07. The predicted octanol–water partition coefficient (Wildman–Crippen LogP) is 4.08. The van der Waals surface area contributed by atoms with Gasteiger partial charge >= 0.3 is 0 Å². The van der Waals surface area contributed by atoms with Gasteiger partial charge in [-0.25, -0.2) is 0 Å². The van der Waals surface area contributed by atoms with Gasteiger partial charge in [0.25, 0.3) is 5.91 Å². The third kappa shape index (κ3) is 5.68. The number of thioether (sulfide) groups is 1. The van der Waals surface area contributed by atoms with E-state index in [2.05, 4.69) is 38.7 Å². The Bertz CT molecular complexity index is 646. The zero-order chi connectivity index (χ0) is 16.7. The molecule has 0 radical (unpaired) electrons. The Morgan fingerprint density at radius 3 is 2.57 bits per heavy atom. The molecule has 0 aliphatic carbocycles. The Kier molecular flexibility index (Phi) is 7.15. The summed E-state index contributed by atoms with van der Waals surface area (Å²) in [5, 5.41) is 6.09. The second kappa shape index (κ2) is 9.11. The number of halogens is 1. The number of amides is 1. The lowest BCUT2D eigenvalue weighted by atomic mass is 10.2. The Hall–Kier alpha value is -1.30. The minimum Gasteiger partial charge on any atom is -0.350 e. The molecule has 0 spiro atoms. The lowest BCUT2D eigenvalue weighted by Crippen LogP contribution is -2.37. The molecule has 5 heteroatoms. The van der Waals surface area contributed by atoms with Crippen molar-refractivity contribution >= 4 is 33.6 Å². The number of likely N-dealkylation sites (N-methyl/N-ethyl adjacent to an activating group) is 1. The zero-order valence-electron chi connectivity index (χ0n) is 13.3. The number of hydrogen-bond acceptors (Lipinski definition) is 3. The molecule has 0 heterocycles. The highest BCUT2D eigenvalue weighted by molar-refractivity contribution is 9.10. The lowest BCUT2D eigenvalue weighted by molar-refractivity contribution is 0.0947. The van der Waals surface area contributed by atoms with Crippen LogP contribution in [0.4, 0.5) is 0 Å². The molecular weight excluding hydrogens is 372 g/mol. The van der Waals surface area contributed by atoms with E-state index in [1.807, 2.05) is 50.4 Å². The number of rotatable bonds is 7. The van der Waals surface area contributed by atoms with Crippen LogP contribution in [-0.2, 0) is 5.75 Å². The van der Waals surface area contributed by atoms with Crippen molar-refractivity contribution in [3.63, 3.8) is 0 Å². The topological polar surface area (TPSA) is 41.1 Å². The molecule has 2 rings (SSSR count). The number of hydrogen-bond donors (Lipinski definition) is 2. The molecule has 0 aromatic heterocycles. The van der Waals surface area contributed by atoms with Crippen molar-refractivity contribution in [2.24, 2.45) is 0 Å². The SMILES string of the molecule is CNC(C)CNC(=O)c1ccccc1SCc1ccc(Br)cc1. The minimum atomic E-state index is -0.0222. The van der Waals surface area contributed by atoms with Crippen LogP contribution in [0.1, 0.15) is 22.8 Å². The van der Waals surface area contributed by atoms with E-state index in [0.717, 1.165) is 20.7 Å². The molecule has 0 aliphatic rings. The Morgan fingerprint density at radius 1 is 1.17 bits per heavy atom. The molecule has 2 N–H and O–H groups in total. The zero-order valence-corrected chi connectivity index (χ0v) is 15.7. The van der Waals surface area contributed by atoms with Gasteiger partial charge in [-0.1, -0.05) is 40.2 Å². The highest BCUT2D eigenvalue weighted by Crippen LogP contribution is 2.26. The summed E-state index contributed by atoms with van der Waals surface area (Å²) in [7, 11) is 1.89. The van der Waals surface area contributed by atoms with Gasteiger partial charge < -0.3 is 10.6 Å². The van der Waals surface area contributed by atoms with Crippen molar-refractivity contribution in [3.05, 3.63) is 64.1 Å². The van der Waals surface area contributed by atoms with Gasteiger partial charge in [-0.05, 0) is 43.8 Å². The standard InChI is InChI=1S/C18H21BrN2OS/c1-13(20-2)11-21-18(22)16-5-3-4-6-17(16)23-12-14-7-9-15(19)10-8-14/h3-10,13,20H,11-12H2,1-2H3,(H,21,22). The summed E-state index contributed by atoms with van der Waals surface area (Å²) in [4.78, 5) is 13.4. The van der Waals surface area contributed by atoms with Gasteiger partial charge in [0.15, 0.2) is 0 Å². The smallest absolute Gasteiger partial charge is 0.252 e. The second-order valence-electron chi connectivity index (χ2n) is 5.31. The molecule has 0 bridgehead atoms. The molecule has 0 aliphatic heterocycles. The molecule has 0 saturated heterocycles. The number of nitrogens with one attached hydrogen (secondary N) is 2. The third-order valence-electron chi connectivity index (χ3n) is 3.50. The molecule has 1 unspecified atom stereocenters. The van der Waals surface area contributed by atoms with E-state index in [-0.39, 0.29) is 11.9 Å². The largest absolute Gasteiger partial charge is 0.350 e. The van der Waals surface area contributed by atoms with E-state index < -0.39 is 0 Å². The Morgan fingerprint density at radius 2 is 1.87 bits per heavy atom. The van der Waals surface area contributed by atoms with Gasteiger partial charge in [0.2, 0.25) is 0 Å². The summed E-state index contributed by atoms with van der Waals surface area (Å²) in [6.07, 6.45) is 0. The number of carbonyl (C=O) groups excluding carboxylic acids is 1. The summed E-state index contributed by atoms with van der Waals surface area (Å²) in [6, 6.07) is 16.3. The van der Waals surface area contributed by atoms with Crippen molar-refractivity contribution in [1.29, 1.82) is 0 Å². The third-order valence-corrected chi connectivity index (χ3v) is 5.17. The van der Waals surface area contributed by atoms with Crippen LogP contribution in [0.25, 0.3) is 0 Å². The van der Waals surface area contributed by atoms with Gasteiger partial charge in [0, 0.05) is 27.7 Å². The number of carbonyl (C=O) groups is 1. The maximum absolute atomic E-state index is 12.4. The highest BCUT2D eigenvalue weighted by Gasteiger charge is 2.12. The average molecular weight is 393 g/mol. The predicted molar refractivity (Wildman–Crippen MR) is 101 cm³/mol. The van der Waals surface area contributed by atoms with E-state index in [9.17, 15) is 4.79 Å². The van der Waals surface area contributed by atoms with Crippen molar-refractivity contribution in [1.82, 2.24) is 10.6 Å². The first kappa shape index (κ1) is 18.0. The molecule has 23 heavy (non-hydrogen) atoms. The van der Waals surface area contributed by atoms with E-state index >= 15 is 0 Å². The van der Waals surface area contributed by atoms with E-state index in [1.54, 1.807) is 11.8 Å². The van der Waals surface area contributed by atoms with Crippen molar-refractivity contribution in [3.8, 4) is 0 Å². The lowest BCUT2D eigenvalue weighted by Gasteiger charge is -2.13. The van der Waals surface area contributed by atoms with Crippen LogP contribution < -0.4 is 10.6 Å². The fourth-order valence-corrected chi connectivity index (χ4v) is 3.23. The first-order chi connectivity index (χ1) is 11.1. The fourth-order valence-electron chi connectivity index (χ4n) is 1.96. The minimum absolute atomic E-state index is 0.0222. The average Bonchev–Trinajstić information content (AvgIpc) is 2.59. The summed E-state index contributed by atoms with van der Waals surface area (Å²) in [6.45, 7) is 2.65. The maximum atomic E-state index is 12.4. The van der Waals surface area contributed by atoms with Gasteiger partial charge in [-0.2, -0.15) is 0 Å². The summed E-state index contributed by atoms with van der Waals surface area (Å²) in [5.74, 6) is 0.816. The van der Waals surface area contributed by atoms with Crippen LogP contribution in [0.3, 0.4) is 0 Å². The normalized spacial score (nSPS) is 12.0. The summed E-state index contributed by atoms with van der Waals surface area (Å²) in [5.41, 5.74) is 1.97. The molecule has 1 atom stereocenters. The molecule has 0 saturated carbocycles. The molecule has 1 amide bonds. The van der Waals surface area contributed by atoms with Crippen LogP contribution in [-0.4, -0.2) is 25.5 Å². The molecule has 2 aromatic carbocycles. The maximum Gasteiger partial charge on any atom is 0.252 e. The second-order valence-corrected chi connectivity index (χ2v) is 7.24. The van der Waals surface area contributed by atoms with Crippen molar-refractivity contribution < 1.29 is 4.79 Å². The van der Waals surface area contributed by atoms with Crippen LogP contribution in [0, 0.1) is 0 Å². The van der Waals surface area contributed by atoms with Gasteiger partial charge in [-0.15, -0.1) is 11.8 Å². The first-order valence-corrected chi connectivity index (χ1v) is 9.29. The highest BCUT2D eigenvalue weighted by atomic mass is 79.9. The number of benzene rings is 2. The van der Waals surface area contributed by atoms with Gasteiger partial charge in [0.05, 0.1) is 5.56 Å². The monoisotopic (exact) mass is 392 g/mol. The van der Waals surface area contributed by atoms with E-state index in [4.69, 9.17) is 0 Å². The molecule has 122 valence electrons. The Labute approximate surface area is 150 Å². The van der Waals surface area contributed by atoms with E-state index in [0.29, 0.717) is 6.54 Å². The van der Waals surface area contributed by atoms with Crippen LogP contribution in [0.15, 0.2) is 57.9 Å².